The van der Waals surface area contributed by atoms with Gasteiger partial charge in [0.2, 0.25) is 5.91 Å². The van der Waals surface area contributed by atoms with E-state index >= 15 is 0 Å². The summed E-state index contributed by atoms with van der Waals surface area (Å²) in [7, 11) is 3.32. The highest BCUT2D eigenvalue weighted by atomic mass is 35.5. The van der Waals surface area contributed by atoms with E-state index in [1.807, 2.05) is 25.1 Å². The molecule has 4 rings (SSSR count). The zero-order valence-corrected chi connectivity index (χ0v) is 21.0. The first-order valence-electron chi connectivity index (χ1n) is 11.8. The van der Waals surface area contributed by atoms with Crippen molar-refractivity contribution >= 4 is 29.3 Å². The number of amides is 2. The number of halogens is 1. The molecule has 2 fully saturated rings. The summed E-state index contributed by atoms with van der Waals surface area (Å²) in [5.41, 5.74) is 2.40. The Labute approximate surface area is 206 Å². The number of epoxide rings is 1. The maximum absolute atomic E-state index is 13.1. The molecule has 1 aromatic rings. The molecule has 3 aliphatic rings. The number of benzene rings is 1. The van der Waals surface area contributed by atoms with Crippen LogP contribution in [0.5, 0.6) is 5.75 Å². The van der Waals surface area contributed by atoms with Gasteiger partial charge in [-0.15, -0.1) is 0 Å². The number of hydrogen-bond acceptors (Lipinski definition) is 5. The Hall–Kier alpha value is -2.51. The van der Waals surface area contributed by atoms with Crippen LogP contribution >= 0.6 is 11.6 Å². The largest absolute Gasteiger partial charge is 0.495 e. The van der Waals surface area contributed by atoms with E-state index in [1.54, 1.807) is 19.1 Å². The lowest BCUT2D eigenvalue weighted by molar-refractivity contribution is -0.118. The van der Waals surface area contributed by atoms with Crippen LogP contribution in [-0.2, 0) is 20.7 Å². The van der Waals surface area contributed by atoms with Gasteiger partial charge in [-0.2, -0.15) is 0 Å². The molecule has 3 heterocycles. The summed E-state index contributed by atoms with van der Waals surface area (Å²) in [6.07, 6.45) is 9.26. The molecule has 3 unspecified atom stereocenters. The van der Waals surface area contributed by atoms with Gasteiger partial charge in [-0.25, -0.2) is 4.79 Å². The van der Waals surface area contributed by atoms with Gasteiger partial charge in [0.25, 0.3) is 0 Å². The number of nitrogens with one attached hydrogen (secondary N) is 1. The highest BCUT2D eigenvalue weighted by Gasteiger charge is 2.53. The topological polar surface area (TPSA) is 80.4 Å². The van der Waals surface area contributed by atoms with E-state index in [9.17, 15) is 9.59 Å². The predicted octanol–water partition coefficient (Wildman–Crippen LogP) is 4.96. The number of nitrogens with zero attached hydrogens (tertiary/aromatic N) is 1. The highest BCUT2D eigenvalue weighted by Crippen LogP contribution is 2.44. The van der Waals surface area contributed by atoms with Crippen molar-refractivity contribution in [2.24, 2.45) is 0 Å². The summed E-state index contributed by atoms with van der Waals surface area (Å²) in [6.45, 7) is 4.07. The summed E-state index contributed by atoms with van der Waals surface area (Å²) >= 11 is 6.58. The molecule has 0 saturated carbocycles. The van der Waals surface area contributed by atoms with E-state index < -0.39 is 5.60 Å². The summed E-state index contributed by atoms with van der Waals surface area (Å²) in [4.78, 5) is 26.7. The lowest BCUT2D eigenvalue weighted by Crippen LogP contribution is -2.45. The maximum Gasteiger partial charge on any atom is 0.407 e. The molecule has 34 heavy (non-hydrogen) atoms. The third-order valence-corrected chi connectivity index (χ3v) is 7.33. The minimum Gasteiger partial charge on any atom is -0.495 e. The molecular weight excluding hydrogens is 456 g/mol. The second kappa shape index (κ2) is 10.0. The van der Waals surface area contributed by atoms with E-state index in [2.05, 4.69) is 24.4 Å². The van der Waals surface area contributed by atoms with Gasteiger partial charge in [-0.05, 0) is 50.8 Å². The normalized spacial score (nSPS) is 32.6. The first kappa shape index (κ1) is 24.6. The number of anilines is 1. The van der Waals surface area contributed by atoms with Crippen LogP contribution < -0.4 is 15.0 Å². The lowest BCUT2D eigenvalue weighted by atomic mass is 9.94. The van der Waals surface area contributed by atoms with Crippen LogP contribution in [-0.4, -0.2) is 50.0 Å². The van der Waals surface area contributed by atoms with E-state index in [0.717, 1.165) is 24.0 Å². The fourth-order valence-corrected chi connectivity index (χ4v) is 5.08. The Balaban J connectivity index is 1.61. The Bertz CT molecular complexity index is 1020. The zero-order chi connectivity index (χ0) is 24.5. The zero-order valence-electron chi connectivity index (χ0n) is 20.2. The van der Waals surface area contributed by atoms with Crippen LogP contribution in [0.25, 0.3) is 0 Å². The molecule has 7 nitrogen and oxygen atoms in total. The molecule has 0 radical (unpaired) electrons. The Morgan fingerprint density at radius 1 is 1.26 bits per heavy atom. The third-order valence-electron chi connectivity index (χ3n) is 6.95. The van der Waals surface area contributed by atoms with Crippen LogP contribution in [0.1, 0.15) is 51.5 Å². The molecule has 1 aromatic carbocycles. The molecule has 2 amide bonds. The van der Waals surface area contributed by atoms with Crippen molar-refractivity contribution < 1.29 is 23.8 Å². The molecule has 0 spiro atoms. The molecule has 4 bridgehead atoms. The Morgan fingerprint density at radius 2 is 2.06 bits per heavy atom. The number of carbonyl (C=O) groups excluding carboxylic acids is 2. The smallest absolute Gasteiger partial charge is 0.407 e. The van der Waals surface area contributed by atoms with Crippen molar-refractivity contribution in [1.82, 2.24) is 5.32 Å². The summed E-state index contributed by atoms with van der Waals surface area (Å²) in [5.74, 6) is 0.502. The van der Waals surface area contributed by atoms with Gasteiger partial charge in [0, 0.05) is 32.4 Å². The number of carbonyl (C=O) groups is 2. The van der Waals surface area contributed by atoms with Crippen molar-refractivity contribution in [3.63, 3.8) is 0 Å². The summed E-state index contributed by atoms with van der Waals surface area (Å²) in [5, 5.41) is 3.33. The van der Waals surface area contributed by atoms with E-state index in [4.69, 9.17) is 25.8 Å². The van der Waals surface area contributed by atoms with Crippen LogP contribution in [0, 0.1) is 0 Å². The number of allylic oxidation sites excluding steroid dienone is 3. The van der Waals surface area contributed by atoms with E-state index in [-0.39, 0.29) is 30.3 Å². The number of rotatable bonds is 1. The first-order valence-corrected chi connectivity index (χ1v) is 12.2. The summed E-state index contributed by atoms with van der Waals surface area (Å²) in [6, 6.07) is 3.89. The minimum atomic E-state index is -0.392. The lowest BCUT2D eigenvalue weighted by Gasteiger charge is -2.29. The fourth-order valence-electron chi connectivity index (χ4n) is 4.77. The standard InChI is InChI=1S/C26H33ClN2O5/c1-16-7-5-6-8-18-14-19(33-25(31)28-18)15-22-26(2,34-22)10-9-23(30)29(3)20-12-17(11-16)13-21(32-4)24(20)27/h5-7,12-13,18-19,22H,8-11,14-15H2,1-4H3,(H,28,31)/b6-5+,16-7+/t18?,19?,22-,26?/m0/s1. The number of hydrogen-bond donors (Lipinski definition) is 1. The average Bonchev–Trinajstić information content (AvgIpc) is 3.43. The monoisotopic (exact) mass is 488 g/mol. The first-order chi connectivity index (χ1) is 16.2. The molecule has 0 aliphatic carbocycles. The number of alkyl carbamates (subject to hydrolysis) is 1. The average molecular weight is 489 g/mol. The van der Waals surface area contributed by atoms with E-state index in [0.29, 0.717) is 42.1 Å². The maximum atomic E-state index is 13.1. The van der Waals surface area contributed by atoms with Gasteiger partial charge in [0.15, 0.2) is 0 Å². The molecular formula is C26H33ClN2O5. The van der Waals surface area contributed by atoms with Gasteiger partial charge >= 0.3 is 6.09 Å². The number of methoxy groups -OCH3 is 1. The second-order valence-electron chi connectivity index (χ2n) is 9.70. The minimum absolute atomic E-state index is 0.0293. The Morgan fingerprint density at radius 3 is 2.82 bits per heavy atom. The second-order valence-corrected chi connectivity index (χ2v) is 10.1. The van der Waals surface area contributed by atoms with Gasteiger partial charge < -0.3 is 24.4 Å². The van der Waals surface area contributed by atoms with Crippen molar-refractivity contribution in [2.75, 3.05) is 19.1 Å². The number of ether oxygens (including phenoxy) is 3. The van der Waals surface area contributed by atoms with Gasteiger partial charge in [0.05, 0.1) is 24.5 Å². The molecule has 3 aliphatic heterocycles. The van der Waals surface area contributed by atoms with Crippen LogP contribution in [0.2, 0.25) is 5.02 Å². The van der Waals surface area contributed by atoms with Crippen molar-refractivity contribution in [1.29, 1.82) is 0 Å². The fraction of sp³-hybridized carbons (Fsp3) is 0.538. The third kappa shape index (κ3) is 5.58. The molecule has 2 saturated heterocycles. The predicted molar refractivity (Wildman–Crippen MR) is 132 cm³/mol. The van der Waals surface area contributed by atoms with Gasteiger partial charge in [0.1, 0.15) is 16.9 Å². The van der Waals surface area contributed by atoms with Crippen LogP contribution in [0.3, 0.4) is 0 Å². The quantitative estimate of drug-likeness (QED) is 0.565. The van der Waals surface area contributed by atoms with Crippen molar-refractivity contribution in [3.05, 3.63) is 46.5 Å². The molecule has 1 N–H and O–H groups in total. The van der Waals surface area contributed by atoms with Crippen molar-refractivity contribution in [2.45, 2.75) is 76.2 Å². The van der Waals surface area contributed by atoms with Crippen molar-refractivity contribution in [3.8, 4) is 5.75 Å². The van der Waals surface area contributed by atoms with E-state index in [1.165, 1.54) is 0 Å². The summed E-state index contributed by atoms with van der Waals surface area (Å²) < 4.78 is 17.0. The highest BCUT2D eigenvalue weighted by molar-refractivity contribution is 6.35. The SMILES string of the molecule is COc1cc2cc(c1Cl)N(C)C(=O)CCC1(C)O[C@H]1CC1CC(C/C=C/C=C(\C)C2)NC(=O)O1. The Kier molecular flexibility index (Phi) is 7.24. The molecule has 8 heteroatoms. The van der Waals surface area contributed by atoms with Crippen LogP contribution in [0.4, 0.5) is 10.5 Å². The van der Waals surface area contributed by atoms with Crippen LogP contribution in [0.15, 0.2) is 35.9 Å². The van der Waals surface area contributed by atoms with Gasteiger partial charge in [-0.3, -0.25) is 4.79 Å². The molecule has 4 atom stereocenters. The number of fused-ring (bicyclic) bond motifs is 5. The molecule has 0 aromatic heterocycles. The van der Waals surface area contributed by atoms with Gasteiger partial charge in [-0.1, -0.05) is 35.4 Å². The molecule has 184 valence electrons.